The highest BCUT2D eigenvalue weighted by Crippen LogP contribution is 2.43. The van der Waals surface area contributed by atoms with Crippen molar-refractivity contribution in [2.45, 2.75) is 32.6 Å². The summed E-state index contributed by atoms with van der Waals surface area (Å²) in [6.45, 7) is 2.57. The normalized spacial score (nSPS) is 10.9. The molecule has 0 aliphatic carbocycles. The topological polar surface area (TPSA) is 98.4 Å². The molecule has 0 amide bonds. The molecular weight excluding hydrogens is 388 g/mol. The lowest BCUT2D eigenvalue weighted by Gasteiger charge is -2.16. The number of phenols is 2. The molecule has 0 spiro atoms. The van der Waals surface area contributed by atoms with Gasteiger partial charge in [-0.25, -0.2) is 0 Å². The van der Waals surface area contributed by atoms with Crippen molar-refractivity contribution in [1.29, 1.82) is 0 Å². The van der Waals surface area contributed by atoms with E-state index >= 15 is 0 Å². The Balaban J connectivity index is 2.11. The quantitative estimate of drug-likeness (QED) is 0.381. The van der Waals surface area contributed by atoms with Crippen LogP contribution in [0.3, 0.4) is 0 Å². The third-order valence-electron chi connectivity index (χ3n) is 4.82. The predicted octanol–water partition coefficient (Wildman–Crippen LogP) is 4.85. The first kappa shape index (κ1) is 21.4. The van der Waals surface area contributed by atoms with E-state index in [4.69, 9.17) is 18.6 Å². The van der Waals surface area contributed by atoms with Crippen molar-refractivity contribution in [2.24, 2.45) is 0 Å². The van der Waals surface area contributed by atoms with E-state index in [0.717, 1.165) is 25.7 Å². The van der Waals surface area contributed by atoms with Crippen molar-refractivity contribution >= 4 is 11.0 Å². The lowest BCUT2D eigenvalue weighted by molar-refractivity contribution is 0.279. The Hall–Kier alpha value is -3.35. The fourth-order valence-corrected chi connectivity index (χ4v) is 3.25. The van der Waals surface area contributed by atoms with Gasteiger partial charge in [-0.15, -0.1) is 0 Å². The number of aromatic hydroxyl groups is 2. The van der Waals surface area contributed by atoms with Crippen molar-refractivity contribution in [3.8, 4) is 40.1 Å². The minimum atomic E-state index is -0.316. The van der Waals surface area contributed by atoms with E-state index in [1.807, 2.05) is 0 Å². The monoisotopic (exact) mass is 414 g/mol. The Morgan fingerprint density at radius 3 is 2.40 bits per heavy atom. The molecule has 1 heterocycles. The third-order valence-corrected chi connectivity index (χ3v) is 4.82. The van der Waals surface area contributed by atoms with Gasteiger partial charge in [-0.2, -0.15) is 0 Å². The van der Waals surface area contributed by atoms with Gasteiger partial charge in [0.2, 0.25) is 5.75 Å². The number of hydrogen-bond acceptors (Lipinski definition) is 7. The second kappa shape index (κ2) is 9.43. The third kappa shape index (κ3) is 4.30. The molecular formula is C23H26O7. The van der Waals surface area contributed by atoms with Crippen LogP contribution in [0, 0.1) is 0 Å². The summed E-state index contributed by atoms with van der Waals surface area (Å²) in [4.78, 5) is 13.0. The summed E-state index contributed by atoms with van der Waals surface area (Å²) in [7, 11) is 2.98. The van der Waals surface area contributed by atoms with Gasteiger partial charge < -0.3 is 28.8 Å². The Bertz CT molecular complexity index is 1090. The van der Waals surface area contributed by atoms with Crippen molar-refractivity contribution in [3.05, 3.63) is 40.6 Å². The van der Waals surface area contributed by atoms with Crippen LogP contribution in [0.25, 0.3) is 22.3 Å². The highest BCUT2D eigenvalue weighted by atomic mass is 16.5. The Labute approximate surface area is 174 Å². The highest BCUT2D eigenvalue weighted by molar-refractivity contribution is 5.90. The summed E-state index contributed by atoms with van der Waals surface area (Å²) in [5, 5.41) is 19.6. The van der Waals surface area contributed by atoms with E-state index < -0.39 is 0 Å². The van der Waals surface area contributed by atoms with E-state index in [-0.39, 0.29) is 39.4 Å². The molecule has 30 heavy (non-hydrogen) atoms. The molecule has 0 saturated carbocycles. The zero-order chi connectivity index (χ0) is 21.7. The molecule has 0 atom stereocenters. The molecule has 0 saturated heterocycles. The molecule has 1 aromatic heterocycles. The number of methoxy groups -OCH3 is 2. The average molecular weight is 414 g/mol. The molecule has 0 fully saturated rings. The second-order valence-electron chi connectivity index (χ2n) is 6.90. The molecule has 0 unspecified atom stereocenters. The predicted molar refractivity (Wildman–Crippen MR) is 114 cm³/mol. The van der Waals surface area contributed by atoms with E-state index in [1.54, 1.807) is 12.1 Å². The lowest BCUT2D eigenvalue weighted by Crippen LogP contribution is -2.08. The maximum Gasteiger partial charge on any atom is 0.204 e. The molecule has 2 N–H and O–H groups in total. The Morgan fingerprint density at radius 2 is 1.73 bits per heavy atom. The standard InChI is InChI=1S/C23H26O7/c1-4-5-6-7-10-29-23-21-17(26)12-18(14-8-9-15(24)16(25)11-14)30-19(21)13-20(27-2)22(23)28-3/h8-9,11-13,24-25H,4-7,10H2,1-3H3. The summed E-state index contributed by atoms with van der Waals surface area (Å²) < 4.78 is 22.8. The maximum absolute atomic E-state index is 13.0. The van der Waals surface area contributed by atoms with Crippen LogP contribution in [0.1, 0.15) is 32.6 Å². The molecule has 2 aromatic carbocycles. The van der Waals surface area contributed by atoms with Crippen LogP contribution in [0.2, 0.25) is 0 Å². The second-order valence-corrected chi connectivity index (χ2v) is 6.90. The van der Waals surface area contributed by atoms with Gasteiger partial charge in [0, 0.05) is 17.7 Å². The number of unbranched alkanes of at least 4 members (excludes halogenated alkanes) is 3. The Morgan fingerprint density at radius 1 is 0.933 bits per heavy atom. The number of hydrogen-bond donors (Lipinski definition) is 2. The van der Waals surface area contributed by atoms with Gasteiger partial charge in [0.1, 0.15) is 16.7 Å². The SMILES string of the molecule is CCCCCCOc1c(OC)c(OC)cc2oc(-c3ccc(O)c(O)c3)cc(=O)c12. The summed E-state index contributed by atoms with van der Waals surface area (Å²) >= 11 is 0. The van der Waals surface area contributed by atoms with Crippen LogP contribution in [-0.2, 0) is 0 Å². The number of ether oxygens (including phenoxy) is 3. The van der Waals surface area contributed by atoms with Gasteiger partial charge in [0.25, 0.3) is 0 Å². The molecule has 0 aliphatic heterocycles. The average Bonchev–Trinajstić information content (AvgIpc) is 2.74. The largest absolute Gasteiger partial charge is 0.504 e. The summed E-state index contributed by atoms with van der Waals surface area (Å²) in [6.07, 6.45) is 4.12. The van der Waals surface area contributed by atoms with Gasteiger partial charge in [-0.3, -0.25) is 4.79 Å². The minimum Gasteiger partial charge on any atom is -0.504 e. The molecule has 3 aromatic rings. The number of fused-ring (bicyclic) bond motifs is 1. The van der Waals surface area contributed by atoms with Crippen molar-refractivity contribution in [2.75, 3.05) is 20.8 Å². The van der Waals surface area contributed by atoms with Crippen molar-refractivity contribution in [1.82, 2.24) is 0 Å². The Kier molecular flexibility index (Phi) is 6.72. The summed E-state index contributed by atoms with van der Waals surface area (Å²) in [5.74, 6) is 0.678. The van der Waals surface area contributed by atoms with Gasteiger partial charge >= 0.3 is 0 Å². The first-order valence-corrected chi connectivity index (χ1v) is 9.88. The zero-order valence-electron chi connectivity index (χ0n) is 17.4. The van der Waals surface area contributed by atoms with Gasteiger partial charge in [-0.1, -0.05) is 26.2 Å². The van der Waals surface area contributed by atoms with E-state index in [0.29, 0.717) is 23.7 Å². The molecule has 0 radical (unpaired) electrons. The maximum atomic E-state index is 13.0. The number of rotatable bonds is 9. The molecule has 3 rings (SSSR count). The van der Waals surface area contributed by atoms with Crippen molar-refractivity contribution in [3.63, 3.8) is 0 Å². The summed E-state index contributed by atoms with van der Waals surface area (Å²) in [6, 6.07) is 7.10. The van der Waals surface area contributed by atoms with Crippen LogP contribution in [0.15, 0.2) is 39.5 Å². The minimum absolute atomic E-state index is 0.240. The van der Waals surface area contributed by atoms with Gasteiger partial charge in [0.05, 0.1) is 20.8 Å². The fraction of sp³-hybridized carbons (Fsp3) is 0.348. The molecule has 7 nitrogen and oxygen atoms in total. The molecule has 0 bridgehead atoms. The van der Waals surface area contributed by atoms with Crippen LogP contribution >= 0.6 is 0 Å². The van der Waals surface area contributed by atoms with Gasteiger partial charge in [-0.05, 0) is 24.6 Å². The van der Waals surface area contributed by atoms with Crippen molar-refractivity contribution < 1.29 is 28.8 Å². The van der Waals surface area contributed by atoms with E-state index in [2.05, 4.69) is 6.92 Å². The fourth-order valence-electron chi connectivity index (χ4n) is 3.25. The first-order chi connectivity index (χ1) is 14.5. The zero-order valence-corrected chi connectivity index (χ0v) is 17.4. The molecule has 7 heteroatoms. The first-order valence-electron chi connectivity index (χ1n) is 9.88. The van der Waals surface area contributed by atoms with Crippen LogP contribution in [0.5, 0.6) is 28.7 Å². The van der Waals surface area contributed by atoms with E-state index in [1.165, 1.54) is 32.4 Å². The smallest absolute Gasteiger partial charge is 0.204 e. The molecule has 160 valence electrons. The van der Waals surface area contributed by atoms with Crippen LogP contribution in [-0.4, -0.2) is 31.0 Å². The summed E-state index contributed by atoms with van der Waals surface area (Å²) in [5.41, 5.74) is 0.399. The highest BCUT2D eigenvalue weighted by Gasteiger charge is 2.21. The van der Waals surface area contributed by atoms with Gasteiger partial charge in [0.15, 0.2) is 28.4 Å². The number of benzene rings is 2. The lowest BCUT2D eigenvalue weighted by atomic mass is 10.1. The number of phenolic OH excluding ortho intramolecular Hbond substituents is 2. The van der Waals surface area contributed by atoms with E-state index in [9.17, 15) is 15.0 Å². The molecule has 0 aliphatic rings. The van der Waals surface area contributed by atoms with Crippen LogP contribution in [0.4, 0.5) is 0 Å². The van der Waals surface area contributed by atoms with Crippen LogP contribution < -0.4 is 19.6 Å².